The van der Waals surface area contributed by atoms with Gasteiger partial charge in [0, 0.05) is 39.0 Å². The van der Waals surface area contributed by atoms with Gasteiger partial charge in [-0.1, -0.05) is 0 Å². The normalized spacial score (nSPS) is 18.9. The van der Waals surface area contributed by atoms with Gasteiger partial charge in [0.25, 0.3) is 0 Å². The monoisotopic (exact) mass is 501 g/mol. The number of fused-ring (bicyclic) bond motifs is 2. The molecule has 2 aliphatic rings. The Morgan fingerprint density at radius 1 is 1.23 bits per heavy atom. The first-order chi connectivity index (χ1) is 16.6. The lowest BCUT2D eigenvalue weighted by Crippen LogP contribution is -2.30. The van der Waals surface area contributed by atoms with Crippen molar-refractivity contribution >= 4 is 49.9 Å². The van der Waals surface area contributed by atoms with Crippen LogP contribution < -0.4 is 25.5 Å². The number of hydrogen-bond donors (Lipinski definition) is 1. The second-order valence-electron chi connectivity index (χ2n) is 9.51. The Balaban J connectivity index is 1.87. The number of ketones is 1. The summed E-state index contributed by atoms with van der Waals surface area (Å²) in [5, 5.41) is 0.258. The van der Waals surface area contributed by atoms with Crippen LogP contribution in [0.1, 0.15) is 55.7 Å². The number of hydrogen-bond acceptors (Lipinski definition) is 8. The number of halogens is 1. The number of nitrogens with two attached hydrogens (primary N) is 1. The highest BCUT2D eigenvalue weighted by Crippen LogP contribution is 2.49. The number of anilines is 1. The molecule has 1 saturated heterocycles. The number of pyridine rings is 1. The molecule has 186 valence electrons. The minimum Gasteiger partial charge on any atom is -0.492 e. The topological polar surface area (TPSA) is 104 Å². The third-order valence-corrected chi connectivity index (χ3v) is 8.20. The lowest BCUT2D eigenvalue weighted by Gasteiger charge is -2.25. The van der Waals surface area contributed by atoms with Crippen LogP contribution in [-0.4, -0.2) is 42.6 Å². The largest absolute Gasteiger partial charge is 0.492 e. The fourth-order valence-electron chi connectivity index (χ4n) is 5.09. The number of carbonyl (C=O) groups excluding carboxylic acids is 2. The Labute approximate surface area is 205 Å². The van der Waals surface area contributed by atoms with E-state index in [9.17, 15) is 14.4 Å². The van der Waals surface area contributed by atoms with E-state index < -0.39 is 17.2 Å². The molecule has 0 unspecified atom stereocenters. The Hall–Kier alpha value is -2.98. The van der Waals surface area contributed by atoms with Gasteiger partial charge in [-0.15, -0.1) is 11.3 Å². The minimum atomic E-state index is -0.638. The molecule has 0 bridgehead atoms. The summed E-state index contributed by atoms with van der Waals surface area (Å²) in [6.45, 7) is 5.76. The van der Waals surface area contributed by atoms with E-state index in [0.29, 0.717) is 34.9 Å². The molecule has 2 fully saturated rings. The smallest absolute Gasteiger partial charge is 0.308 e. The van der Waals surface area contributed by atoms with E-state index in [4.69, 9.17) is 15.2 Å². The number of thiophene rings is 1. The number of rotatable bonds is 6. The summed E-state index contributed by atoms with van der Waals surface area (Å²) in [6.07, 6.45) is 2.58. The molecule has 35 heavy (non-hydrogen) atoms. The summed E-state index contributed by atoms with van der Waals surface area (Å²) in [4.78, 5) is 40.6. The Bertz CT molecular complexity index is 1440. The number of nitrogens with zero attached hydrogens (tertiary/aromatic N) is 2. The van der Waals surface area contributed by atoms with Gasteiger partial charge in [0.15, 0.2) is 23.1 Å². The molecular weight excluding hydrogens is 473 g/mol. The third-order valence-electron chi connectivity index (χ3n) is 6.93. The maximum absolute atomic E-state index is 15.7. The predicted octanol–water partition coefficient (Wildman–Crippen LogP) is 4.00. The van der Waals surface area contributed by atoms with Crippen molar-refractivity contribution in [2.45, 2.75) is 52.1 Å². The maximum atomic E-state index is 15.7. The number of methoxy groups -OCH3 is 1. The van der Waals surface area contributed by atoms with Crippen molar-refractivity contribution in [1.82, 2.24) is 4.57 Å². The summed E-state index contributed by atoms with van der Waals surface area (Å²) >= 11 is 1.12. The fourth-order valence-corrected chi connectivity index (χ4v) is 6.29. The van der Waals surface area contributed by atoms with Gasteiger partial charge in [0.2, 0.25) is 5.43 Å². The number of carbonyl (C=O) groups is 2. The predicted molar refractivity (Wildman–Crippen MR) is 134 cm³/mol. The van der Waals surface area contributed by atoms with Crippen LogP contribution in [0.5, 0.6) is 11.5 Å². The second-order valence-corrected chi connectivity index (χ2v) is 10.5. The number of ether oxygens (including phenoxy) is 2. The molecule has 1 aliphatic heterocycles. The molecule has 10 heteroatoms. The quantitative estimate of drug-likeness (QED) is 0.402. The summed E-state index contributed by atoms with van der Waals surface area (Å²) in [7, 11) is 1.47. The summed E-state index contributed by atoms with van der Waals surface area (Å²) in [5.74, 6) is -1.04. The maximum Gasteiger partial charge on any atom is 0.308 e. The number of esters is 1. The van der Waals surface area contributed by atoms with E-state index in [-0.39, 0.29) is 45.2 Å². The zero-order chi connectivity index (χ0) is 25.2. The van der Waals surface area contributed by atoms with Crippen molar-refractivity contribution in [2.75, 3.05) is 25.1 Å². The van der Waals surface area contributed by atoms with E-state index in [0.717, 1.165) is 30.6 Å². The van der Waals surface area contributed by atoms with E-state index in [1.54, 1.807) is 0 Å². The fraction of sp³-hybridized carbons (Fsp3) is 0.480. The molecule has 0 spiro atoms. The van der Waals surface area contributed by atoms with Gasteiger partial charge in [-0.2, -0.15) is 0 Å². The molecule has 0 radical (unpaired) electrons. The van der Waals surface area contributed by atoms with Crippen LogP contribution >= 0.6 is 11.3 Å². The minimum absolute atomic E-state index is 0.0189. The lowest BCUT2D eigenvalue weighted by atomic mass is 10.0. The molecule has 1 aromatic carbocycles. The molecule has 5 rings (SSSR count). The molecule has 2 aromatic heterocycles. The zero-order valence-electron chi connectivity index (χ0n) is 20.1. The highest BCUT2D eigenvalue weighted by atomic mass is 32.1. The molecule has 0 amide bonds. The highest BCUT2D eigenvalue weighted by Gasteiger charge is 2.36. The first-order valence-corrected chi connectivity index (χ1v) is 12.6. The lowest BCUT2D eigenvalue weighted by molar-refractivity contribution is -0.131. The van der Waals surface area contributed by atoms with Gasteiger partial charge in [-0.25, -0.2) is 4.39 Å². The van der Waals surface area contributed by atoms with Crippen molar-refractivity contribution < 1.29 is 23.5 Å². The van der Waals surface area contributed by atoms with E-state index in [1.807, 2.05) is 16.4 Å². The van der Waals surface area contributed by atoms with Crippen molar-refractivity contribution in [1.29, 1.82) is 0 Å². The molecule has 3 heterocycles. The van der Waals surface area contributed by atoms with Gasteiger partial charge < -0.3 is 24.7 Å². The van der Waals surface area contributed by atoms with Crippen molar-refractivity contribution in [3.63, 3.8) is 0 Å². The number of aromatic nitrogens is 1. The summed E-state index contributed by atoms with van der Waals surface area (Å²) < 4.78 is 28.8. The highest BCUT2D eigenvalue weighted by molar-refractivity contribution is 7.21. The van der Waals surface area contributed by atoms with Crippen LogP contribution in [-0.2, 0) is 4.79 Å². The van der Waals surface area contributed by atoms with Crippen molar-refractivity contribution in [3.8, 4) is 11.5 Å². The molecule has 1 saturated carbocycles. The molecule has 1 aliphatic carbocycles. The van der Waals surface area contributed by atoms with Crippen LogP contribution in [0.25, 0.3) is 21.1 Å². The average molecular weight is 502 g/mol. The van der Waals surface area contributed by atoms with Gasteiger partial charge in [0.1, 0.15) is 20.8 Å². The van der Waals surface area contributed by atoms with Gasteiger partial charge >= 0.3 is 5.97 Å². The zero-order valence-corrected chi connectivity index (χ0v) is 21.0. The van der Waals surface area contributed by atoms with Crippen molar-refractivity contribution in [2.24, 2.45) is 11.7 Å². The van der Waals surface area contributed by atoms with E-state index in [1.165, 1.54) is 27.0 Å². The van der Waals surface area contributed by atoms with Crippen LogP contribution in [0.15, 0.2) is 10.9 Å². The molecule has 3 aromatic rings. The van der Waals surface area contributed by atoms with Gasteiger partial charge in [0.05, 0.1) is 18.0 Å². The SMILES string of the molecule is COc1c(N2CC[C@H]([C@@H](C)N)C2)c(F)cc2c(=O)c3c(OC(C)=O)c(C(C)=O)sc3n(C3CC3)c12. The second kappa shape index (κ2) is 8.60. The Kier molecular flexibility index (Phi) is 5.83. The average Bonchev–Trinajstić information content (AvgIpc) is 3.37. The van der Waals surface area contributed by atoms with E-state index in [2.05, 4.69) is 0 Å². The summed E-state index contributed by atoms with van der Waals surface area (Å²) in [6, 6.07) is 1.29. The molecule has 8 nitrogen and oxygen atoms in total. The van der Waals surface area contributed by atoms with E-state index >= 15 is 4.39 Å². The van der Waals surface area contributed by atoms with Crippen LogP contribution in [0.2, 0.25) is 0 Å². The number of benzene rings is 1. The first-order valence-electron chi connectivity index (χ1n) is 11.7. The van der Waals surface area contributed by atoms with Crippen LogP contribution in [0, 0.1) is 11.7 Å². The van der Waals surface area contributed by atoms with Crippen LogP contribution in [0.4, 0.5) is 10.1 Å². The van der Waals surface area contributed by atoms with Gasteiger partial charge in [-0.05, 0) is 38.2 Å². The first kappa shape index (κ1) is 23.7. The van der Waals surface area contributed by atoms with Gasteiger partial charge in [-0.3, -0.25) is 14.4 Å². The molecule has 2 N–H and O–H groups in total. The third kappa shape index (κ3) is 3.79. The number of Topliss-reactive ketones (excluding diaryl/α,β-unsaturated/α-hetero) is 1. The molecular formula is C25H28FN3O5S. The Morgan fingerprint density at radius 3 is 2.49 bits per heavy atom. The Morgan fingerprint density at radius 2 is 1.94 bits per heavy atom. The van der Waals surface area contributed by atoms with Crippen molar-refractivity contribution in [3.05, 3.63) is 27.0 Å². The molecule has 2 atom stereocenters. The summed E-state index contributed by atoms with van der Waals surface area (Å²) in [5.41, 5.74) is 6.43. The van der Waals surface area contributed by atoms with Crippen LogP contribution in [0.3, 0.4) is 0 Å². The standard InChI is InChI=1S/C25H28FN3O5S/c1-11(27)14-7-8-28(10-14)20-17(26)9-16-19(23(20)33-4)29(15-5-6-15)25-18(21(16)32)22(34-13(3)31)24(35-25)12(2)30/h9,11,14-15H,5-8,10,27H2,1-4H3/t11-,14+/m1/s1.